The smallest absolute Gasteiger partial charge is 0.331 e. The zero-order valence-electron chi connectivity index (χ0n) is 12.4. The van der Waals surface area contributed by atoms with Crippen LogP contribution in [-0.2, 0) is 16.1 Å². The highest BCUT2D eigenvalue weighted by Crippen LogP contribution is 2.16. The maximum atomic E-state index is 11.7. The summed E-state index contributed by atoms with van der Waals surface area (Å²) in [6.07, 6.45) is 2.65. The highest BCUT2D eigenvalue weighted by molar-refractivity contribution is 5.86. The van der Waals surface area contributed by atoms with Gasteiger partial charge in [-0.1, -0.05) is 12.1 Å². The minimum atomic E-state index is -0.560. The molecular weight excluding hydrogens is 312 g/mol. The van der Waals surface area contributed by atoms with E-state index < -0.39 is 10.9 Å². The van der Waals surface area contributed by atoms with Gasteiger partial charge in [0.15, 0.2) is 5.58 Å². The van der Waals surface area contributed by atoms with E-state index in [-0.39, 0.29) is 12.3 Å². The molecule has 0 bridgehead atoms. The number of fused-ring (bicyclic) bond motifs is 1. The number of aromatic nitrogens is 1. The van der Waals surface area contributed by atoms with Crippen molar-refractivity contribution in [3.63, 3.8) is 0 Å². The van der Waals surface area contributed by atoms with Crippen LogP contribution in [-0.4, -0.2) is 15.9 Å². The van der Waals surface area contributed by atoms with Crippen molar-refractivity contribution >= 4 is 28.8 Å². The first-order valence-electron chi connectivity index (χ1n) is 7.05. The van der Waals surface area contributed by atoms with Crippen LogP contribution < -0.4 is 0 Å². The highest BCUT2D eigenvalue weighted by atomic mass is 16.6. The minimum Gasteiger partial charge on any atom is -0.458 e. The number of oxazole rings is 1. The maximum absolute atomic E-state index is 11.7. The summed E-state index contributed by atoms with van der Waals surface area (Å²) in [5.74, 6) is -0.251. The number of nitro groups is 1. The van der Waals surface area contributed by atoms with E-state index in [2.05, 4.69) is 4.98 Å². The van der Waals surface area contributed by atoms with Crippen molar-refractivity contribution in [3.8, 4) is 0 Å². The third-order valence-electron chi connectivity index (χ3n) is 3.20. The number of rotatable bonds is 5. The Morgan fingerprint density at radius 3 is 2.67 bits per heavy atom. The predicted octanol–water partition coefficient (Wildman–Crippen LogP) is 3.49. The molecule has 3 rings (SSSR count). The standard InChI is InChI=1S/C17H12N2O5/c20-17(23-11-12-5-7-13(8-6-12)19(21)22)10-9-16-18-14-3-1-2-4-15(14)24-16/h1-10H,11H2/b10-9+. The number of nitro benzene ring substituents is 1. The Morgan fingerprint density at radius 2 is 1.96 bits per heavy atom. The Hall–Kier alpha value is -3.48. The van der Waals surface area contributed by atoms with Crippen LogP contribution in [0.1, 0.15) is 11.5 Å². The molecule has 24 heavy (non-hydrogen) atoms. The van der Waals surface area contributed by atoms with Gasteiger partial charge in [-0.15, -0.1) is 0 Å². The molecule has 120 valence electrons. The first kappa shape index (κ1) is 15.4. The summed E-state index contributed by atoms with van der Waals surface area (Å²) in [7, 11) is 0. The van der Waals surface area contributed by atoms with Crippen LogP contribution in [0, 0.1) is 10.1 Å². The summed E-state index contributed by atoms with van der Waals surface area (Å²) in [6, 6.07) is 13.1. The molecule has 0 N–H and O–H groups in total. The van der Waals surface area contributed by atoms with E-state index in [0.717, 1.165) is 0 Å². The van der Waals surface area contributed by atoms with Gasteiger partial charge in [0.25, 0.3) is 5.69 Å². The van der Waals surface area contributed by atoms with Gasteiger partial charge in [0.05, 0.1) is 4.92 Å². The van der Waals surface area contributed by atoms with E-state index >= 15 is 0 Å². The van der Waals surface area contributed by atoms with Gasteiger partial charge < -0.3 is 9.15 Å². The van der Waals surface area contributed by atoms with E-state index in [1.54, 1.807) is 6.07 Å². The summed E-state index contributed by atoms with van der Waals surface area (Å²) < 4.78 is 10.5. The molecule has 0 spiro atoms. The number of nitrogens with zero attached hydrogens (tertiary/aromatic N) is 2. The molecule has 0 saturated heterocycles. The lowest BCUT2D eigenvalue weighted by Crippen LogP contribution is -2.00. The van der Waals surface area contributed by atoms with Gasteiger partial charge in [-0.3, -0.25) is 10.1 Å². The largest absolute Gasteiger partial charge is 0.458 e. The van der Waals surface area contributed by atoms with Crippen molar-refractivity contribution in [2.75, 3.05) is 0 Å². The Kier molecular flexibility index (Phi) is 4.33. The van der Waals surface area contributed by atoms with Crippen molar-refractivity contribution in [3.05, 3.63) is 76.2 Å². The Bertz CT molecular complexity index is 879. The lowest BCUT2D eigenvalue weighted by molar-refractivity contribution is -0.384. The summed E-state index contributed by atoms with van der Waals surface area (Å²) in [4.78, 5) is 26.0. The summed E-state index contributed by atoms with van der Waals surface area (Å²) in [5.41, 5.74) is 1.98. The predicted molar refractivity (Wildman–Crippen MR) is 85.9 cm³/mol. The topological polar surface area (TPSA) is 95.5 Å². The quantitative estimate of drug-likeness (QED) is 0.308. The summed E-state index contributed by atoms with van der Waals surface area (Å²) >= 11 is 0. The number of esters is 1. The number of para-hydroxylation sites is 2. The van der Waals surface area contributed by atoms with Crippen molar-refractivity contribution in [2.45, 2.75) is 6.61 Å². The molecule has 0 aliphatic carbocycles. The average molecular weight is 324 g/mol. The number of hydrogen-bond acceptors (Lipinski definition) is 6. The fourth-order valence-electron chi connectivity index (χ4n) is 2.02. The van der Waals surface area contributed by atoms with Crippen LogP contribution in [0.3, 0.4) is 0 Å². The first-order valence-corrected chi connectivity index (χ1v) is 7.05. The number of carbonyl (C=O) groups is 1. The van der Waals surface area contributed by atoms with Crippen molar-refractivity contribution in [1.82, 2.24) is 4.98 Å². The van der Waals surface area contributed by atoms with E-state index in [9.17, 15) is 14.9 Å². The average Bonchev–Trinajstić information content (AvgIpc) is 3.01. The van der Waals surface area contributed by atoms with Crippen LogP contribution in [0.25, 0.3) is 17.2 Å². The number of ether oxygens (including phenoxy) is 1. The SMILES string of the molecule is O=C(/C=C/c1nc2ccccc2o1)OCc1ccc([N+](=O)[O-])cc1. The van der Waals surface area contributed by atoms with Gasteiger partial charge in [-0.25, -0.2) is 9.78 Å². The van der Waals surface area contributed by atoms with E-state index in [1.165, 1.54) is 36.4 Å². The first-order chi connectivity index (χ1) is 11.6. The molecule has 1 aromatic heterocycles. The fraction of sp³-hybridized carbons (Fsp3) is 0.0588. The van der Waals surface area contributed by atoms with E-state index in [4.69, 9.17) is 9.15 Å². The minimum absolute atomic E-state index is 0.0130. The highest BCUT2D eigenvalue weighted by Gasteiger charge is 2.06. The molecule has 0 amide bonds. The molecule has 0 fully saturated rings. The zero-order valence-corrected chi connectivity index (χ0v) is 12.4. The van der Waals surface area contributed by atoms with Gasteiger partial charge in [0.1, 0.15) is 12.1 Å². The number of carbonyl (C=O) groups excluding carboxylic acids is 1. The number of non-ortho nitro benzene ring substituents is 1. The monoisotopic (exact) mass is 324 g/mol. The van der Waals surface area contributed by atoms with Gasteiger partial charge >= 0.3 is 5.97 Å². The molecule has 7 heteroatoms. The molecular formula is C17H12N2O5. The van der Waals surface area contributed by atoms with Crippen molar-refractivity contribution < 1.29 is 18.9 Å². The van der Waals surface area contributed by atoms with Gasteiger partial charge in [-0.2, -0.15) is 0 Å². The zero-order chi connectivity index (χ0) is 16.9. The maximum Gasteiger partial charge on any atom is 0.331 e. The van der Waals surface area contributed by atoms with E-state index in [1.807, 2.05) is 18.2 Å². The van der Waals surface area contributed by atoms with Gasteiger partial charge in [0.2, 0.25) is 5.89 Å². The fourth-order valence-corrected chi connectivity index (χ4v) is 2.02. The molecule has 0 unspecified atom stereocenters. The van der Waals surface area contributed by atoms with E-state index in [0.29, 0.717) is 22.6 Å². The molecule has 1 heterocycles. The Balaban J connectivity index is 1.57. The molecule has 0 aliphatic heterocycles. The Morgan fingerprint density at radius 1 is 1.21 bits per heavy atom. The van der Waals surface area contributed by atoms with Crippen LogP contribution in [0.4, 0.5) is 5.69 Å². The van der Waals surface area contributed by atoms with Crippen molar-refractivity contribution in [1.29, 1.82) is 0 Å². The molecule has 2 aromatic carbocycles. The van der Waals surface area contributed by atoms with Crippen LogP contribution in [0.5, 0.6) is 0 Å². The molecule has 3 aromatic rings. The molecule has 0 aliphatic rings. The molecule has 0 saturated carbocycles. The van der Waals surface area contributed by atoms with Crippen LogP contribution in [0.15, 0.2) is 59.0 Å². The second-order valence-corrected chi connectivity index (χ2v) is 4.88. The van der Waals surface area contributed by atoms with Crippen LogP contribution in [0.2, 0.25) is 0 Å². The third-order valence-corrected chi connectivity index (χ3v) is 3.20. The molecule has 0 atom stereocenters. The third kappa shape index (κ3) is 3.64. The van der Waals surface area contributed by atoms with Crippen LogP contribution >= 0.6 is 0 Å². The number of benzene rings is 2. The molecule has 0 radical (unpaired) electrons. The normalized spacial score (nSPS) is 11.0. The van der Waals surface area contributed by atoms with Gasteiger partial charge in [-0.05, 0) is 29.8 Å². The lowest BCUT2D eigenvalue weighted by Gasteiger charge is -2.01. The number of hydrogen-bond donors (Lipinski definition) is 0. The lowest BCUT2D eigenvalue weighted by atomic mass is 10.2. The summed E-state index contributed by atoms with van der Waals surface area (Å²) in [6.45, 7) is 0.0225. The van der Waals surface area contributed by atoms with Gasteiger partial charge in [0, 0.05) is 24.3 Å². The second-order valence-electron chi connectivity index (χ2n) is 4.88. The van der Waals surface area contributed by atoms with Crippen molar-refractivity contribution in [2.24, 2.45) is 0 Å². The second kappa shape index (κ2) is 6.74. The molecule has 7 nitrogen and oxygen atoms in total. The Labute approximate surface area is 136 Å². The summed E-state index contributed by atoms with van der Waals surface area (Å²) in [5, 5.41) is 10.6.